The van der Waals surface area contributed by atoms with Crippen molar-refractivity contribution in [3.05, 3.63) is 22.4 Å². The van der Waals surface area contributed by atoms with Crippen molar-refractivity contribution in [3.63, 3.8) is 0 Å². The molecule has 0 aliphatic carbocycles. The summed E-state index contributed by atoms with van der Waals surface area (Å²) in [7, 11) is 4.06. The third-order valence-electron chi connectivity index (χ3n) is 5.08. The zero-order valence-electron chi connectivity index (χ0n) is 16.9. The van der Waals surface area contributed by atoms with Crippen LogP contribution in [0.4, 0.5) is 0 Å². The van der Waals surface area contributed by atoms with Gasteiger partial charge in [-0.05, 0) is 24.4 Å². The molecule has 0 spiro atoms. The molecule has 0 aromatic carbocycles. The second kappa shape index (κ2) is 12.2. The predicted octanol–water partition coefficient (Wildman–Crippen LogP) is 2.91. The molecule has 0 amide bonds. The Hall–Kier alpha value is -0.380. The Labute approximate surface area is 180 Å². The Balaban J connectivity index is 0.00000338. The van der Waals surface area contributed by atoms with Crippen molar-refractivity contribution in [2.75, 3.05) is 53.4 Å². The second-order valence-corrected chi connectivity index (χ2v) is 8.38. The maximum atomic E-state index is 4.40. The molecule has 5 nitrogen and oxygen atoms in total. The van der Waals surface area contributed by atoms with Gasteiger partial charge in [0.15, 0.2) is 5.96 Å². The van der Waals surface area contributed by atoms with Crippen LogP contribution < -0.4 is 10.6 Å². The molecular formula is C19H36IN5S. The molecule has 1 aromatic heterocycles. The molecule has 1 saturated heterocycles. The molecule has 1 aliphatic rings. The quantitative estimate of drug-likeness (QED) is 0.348. The molecule has 26 heavy (non-hydrogen) atoms. The minimum Gasteiger partial charge on any atom is -0.356 e. The van der Waals surface area contributed by atoms with Gasteiger partial charge in [0.05, 0.1) is 0 Å². The highest BCUT2D eigenvalue weighted by Crippen LogP contribution is 2.19. The average molecular weight is 494 g/mol. The number of hydrogen-bond donors (Lipinski definition) is 2. The first-order valence-electron chi connectivity index (χ1n) is 9.41. The molecule has 7 heteroatoms. The number of rotatable bonds is 7. The molecule has 0 saturated carbocycles. The minimum absolute atomic E-state index is 0. The van der Waals surface area contributed by atoms with E-state index in [0.29, 0.717) is 17.9 Å². The molecule has 2 atom stereocenters. The third kappa shape index (κ3) is 7.32. The summed E-state index contributed by atoms with van der Waals surface area (Å²) in [6.45, 7) is 13.4. The van der Waals surface area contributed by atoms with Crippen LogP contribution in [0.15, 0.2) is 22.5 Å². The highest BCUT2D eigenvalue weighted by Gasteiger charge is 2.25. The van der Waals surface area contributed by atoms with E-state index in [2.05, 4.69) is 70.8 Å². The van der Waals surface area contributed by atoms with Gasteiger partial charge in [-0.1, -0.05) is 26.8 Å². The molecule has 2 unspecified atom stereocenters. The normalized spacial score (nSPS) is 19.1. The van der Waals surface area contributed by atoms with Gasteiger partial charge in [-0.2, -0.15) is 0 Å². The molecular weight excluding hydrogens is 457 g/mol. The molecule has 1 aromatic rings. The van der Waals surface area contributed by atoms with E-state index < -0.39 is 0 Å². The Morgan fingerprint density at radius 3 is 2.35 bits per heavy atom. The summed E-state index contributed by atoms with van der Waals surface area (Å²) in [6.07, 6.45) is 0. The van der Waals surface area contributed by atoms with Gasteiger partial charge in [-0.25, -0.2) is 0 Å². The van der Waals surface area contributed by atoms with Crippen molar-refractivity contribution < 1.29 is 0 Å². The lowest BCUT2D eigenvalue weighted by Crippen LogP contribution is -2.55. The van der Waals surface area contributed by atoms with Gasteiger partial charge < -0.3 is 15.5 Å². The number of thiophene rings is 1. The van der Waals surface area contributed by atoms with Crippen LogP contribution >= 0.6 is 35.3 Å². The monoisotopic (exact) mass is 493 g/mol. The van der Waals surface area contributed by atoms with Crippen LogP contribution in [0.5, 0.6) is 0 Å². The summed E-state index contributed by atoms with van der Waals surface area (Å²) in [5, 5.41) is 9.17. The van der Waals surface area contributed by atoms with E-state index >= 15 is 0 Å². The van der Waals surface area contributed by atoms with Crippen LogP contribution in [-0.4, -0.2) is 75.2 Å². The fourth-order valence-corrected chi connectivity index (χ4v) is 4.07. The first-order chi connectivity index (χ1) is 12.0. The number of nitrogens with one attached hydrogen (secondary N) is 2. The van der Waals surface area contributed by atoms with Crippen molar-refractivity contribution in [2.24, 2.45) is 10.9 Å². The van der Waals surface area contributed by atoms with E-state index in [-0.39, 0.29) is 24.0 Å². The Bertz CT molecular complexity index is 512. The first kappa shape index (κ1) is 23.7. The number of aliphatic imine (C=N–C) groups is 1. The van der Waals surface area contributed by atoms with Gasteiger partial charge in [-0.3, -0.25) is 9.89 Å². The Morgan fingerprint density at radius 2 is 1.81 bits per heavy atom. The smallest absolute Gasteiger partial charge is 0.191 e. The molecule has 150 valence electrons. The van der Waals surface area contributed by atoms with Gasteiger partial charge >= 0.3 is 0 Å². The van der Waals surface area contributed by atoms with E-state index in [0.717, 1.165) is 45.2 Å². The Morgan fingerprint density at radius 1 is 1.15 bits per heavy atom. The summed E-state index contributed by atoms with van der Waals surface area (Å²) < 4.78 is 0. The minimum atomic E-state index is 0. The summed E-state index contributed by atoms with van der Waals surface area (Å²) in [4.78, 5) is 10.9. The lowest BCUT2D eigenvalue weighted by atomic mass is 10.0. The fraction of sp³-hybridized carbons (Fsp3) is 0.737. The zero-order chi connectivity index (χ0) is 18.2. The molecule has 1 aliphatic heterocycles. The van der Waals surface area contributed by atoms with E-state index in [1.165, 1.54) is 4.88 Å². The second-order valence-electron chi connectivity index (χ2n) is 7.40. The van der Waals surface area contributed by atoms with Gasteiger partial charge in [-0.15, -0.1) is 35.3 Å². The van der Waals surface area contributed by atoms with Gasteiger partial charge in [0.25, 0.3) is 0 Å². The summed E-state index contributed by atoms with van der Waals surface area (Å²) >= 11 is 1.82. The fourth-order valence-electron chi connectivity index (χ4n) is 3.28. The van der Waals surface area contributed by atoms with Crippen LogP contribution in [0.2, 0.25) is 0 Å². The lowest BCUT2D eigenvalue weighted by Gasteiger charge is -2.40. The van der Waals surface area contributed by atoms with Crippen LogP contribution in [0.3, 0.4) is 0 Å². The number of likely N-dealkylation sites (N-methyl/N-ethyl adjacent to an activating group) is 1. The number of halogens is 1. The molecule has 2 N–H and O–H groups in total. The first-order valence-corrected chi connectivity index (χ1v) is 10.3. The predicted molar refractivity (Wildman–Crippen MR) is 125 cm³/mol. The van der Waals surface area contributed by atoms with Crippen molar-refractivity contribution >= 4 is 41.3 Å². The number of guanidine groups is 1. The van der Waals surface area contributed by atoms with Gasteiger partial charge in [0, 0.05) is 63.2 Å². The van der Waals surface area contributed by atoms with E-state index in [9.17, 15) is 0 Å². The van der Waals surface area contributed by atoms with E-state index in [4.69, 9.17) is 0 Å². The van der Waals surface area contributed by atoms with Crippen molar-refractivity contribution in [2.45, 2.75) is 32.7 Å². The molecule has 0 radical (unpaired) electrons. The standard InChI is InChI=1S/C19H35N5S.HI/c1-15(2)17(24-10-8-23(5)9-11-24)14-22-19(20-4)21-13-16(3)18-7-6-12-25-18;/h6-7,12,15-17H,8-11,13-14H2,1-5H3,(H2,20,21,22);1H. The van der Waals surface area contributed by atoms with Crippen molar-refractivity contribution in [3.8, 4) is 0 Å². The number of hydrogen-bond acceptors (Lipinski definition) is 4. The summed E-state index contributed by atoms with van der Waals surface area (Å²) in [5.74, 6) is 2.03. The van der Waals surface area contributed by atoms with E-state index in [1.54, 1.807) is 0 Å². The highest BCUT2D eigenvalue weighted by atomic mass is 127. The van der Waals surface area contributed by atoms with Crippen LogP contribution in [-0.2, 0) is 0 Å². The Kier molecular flexibility index (Phi) is 11.1. The number of nitrogens with zero attached hydrogens (tertiary/aromatic N) is 3. The third-order valence-corrected chi connectivity index (χ3v) is 6.19. The molecule has 2 rings (SSSR count). The largest absolute Gasteiger partial charge is 0.356 e. The molecule has 2 heterocycles. The number of piperazine rings is 1. The van der Waals surface area contributed by atoms with E-state index in [1.807, 2.05) is 18.4 Å². The van der Waals surface area contributed by atoms with Crippen molar-refractivity contribution in [1.82, 2.24) is 20.4 Å². The SMILES string of the molecule is CN=C(NCC(C)c1cccs1)NCC(C(C)C)N1CCN(C)CC1.I. The van der Waals surface area contributed by atoms with Gasteiger partial charge in [0.1, 0.15) is 0 Å². The summed E-state index contributed by atoms with van der Waals surface area (Å²) in [5.41, 5.74) is 0. The lowest BCUT2D eigenvalue weighted by molar-refractivity contribution is 0.0900. The highest BCUT2D eigenvalue weighted by molar-refractivity contribution is 14.0. The average Bonchev–Trinajstić information content (AvgIpc) is 3.13. The zero-order valence-corrected chi connectivity index (χ0v) is 20.0. The molecule has 1 fully saturated rings. The van der Waals surface area contributed by atoms with Gasteiger partial charge in [0.2, 0.25) is 0 Å². The molecule has 0 bridgehead atoms. The van der Waals surface area contributed by atoms with Crippen LogP contribution in [0, 0.1) is 5.92 Å². The topological polar surface area (TPSA) is 42.9 Å². The maximum Gasteiger partial charge on any atom is 0.191 e. The van der Waals surface area contributed by atoms with Crippen molar-refractivity contribution in [1.29, 1.82) is 0 Å². The maximum absolute atomic E-state index is 4.40. The van der Waals surface area contributed by atoms with Crippen LogP contribution in [0.25, 0.3) is 0 Å². The summed E-state index contributed by atoms with van der Waals surface area (Å²) in [6, 6.07) is 4.87. The van der Waals surface area contributed by atoms with Crippen LogP contribution in [0.1, 0.15) is 31.6 Å².